The number of hydrogen-bond acceptors (Lipinski definition) is 4. The van der Waals surface area contributed by atoms with E-state index in [1.54, 1.807) is 0 Å². The molecule has 1 rings (SSSR count). The lowest BCUT2D eigenvalue weighted by molar-refractivity contribution is -0.192. The van der Waals surface area contributed by atoms with Crippen LogP contribution in [0.1, 0.15) is 13.3 Å². The number of rotatable bonds is 6. The number of carbonyl (C=O) groups excluding carboxylic acids is 1. The van der Waals surface area contributed by atoms with E-state index in [-0.39, 0.29) is 5.75 Å². The van der Waals surface area contributed by atoms with Crippen LogP contribution in [-0.4, -0.2) is 18.6 Å². The number of nitrogens with two attached hydrogens (primary N) is 1. The molecule has 0 aromatic heterocycles. The number of nitrogens with one attached hydrogen (secondary N) is 1. The Hall–Kier alpha value is -1.89. The predicted octanol–water partition coefficient (Wildman–Crippen LogP) is 1.44. The Morgan fingerprint density at radius 2 is 1.89 bits per heavy atom. The van der Waals surface area contributed by atoms with Crippen LogP contribution in [0.4, 0.5) is 8.78 Å². The molecule has 0 atom stereocenters. The number of amides is 1. The number of halogens is 2. The molecule has 0 saturated heterocycles. The Kier molecular flexibility index (Phi) is 4.85. The summed E-state index contributed by atoms with van der Waals surface area (Å²) in [5, 5.41) is 0. The summed E-state index contributed by atoms with van der Waals surface area (Å²) >= 11 is 0. The van der Waals surface area contributed by atoms with Gasteiger partial charge in [0, 0.05) is 0 Å². The number of hydrogen-bond donors (Lipinski definition) is 2. The molecular weight excluding hydrogens is 246 g/mol. The smallest absolute Gasteiger partial charge is 0.483 e. The van der Waals surface area contributed by atoms with Crippen LogP contribution in [0.25, 0.3) is 0 Å². The highest BCUT2D eigenvalue weighted by atomic mass is 19.3. The van der Waals surface area contributed by atoms with Gasteiger partial charge in [0.1, 0.15) is 11.5 Å². The normalized spacial score (nSPS) is 10.9. The SMILES string of the molecule is CCCOc1ccc(OC(F)(F)C(=O)NN)cc1. The molecule has 0 saturated carbocycles. The highest BCUT2D eigenvalue weighted by Gasteiger charge is 2.41. The first-order valence-electron chi connectivity index (χ1n) is 5.30. The number of carbonyl (C=O) groups is 1. The van der Waals surface area contributed by atoms with Gasteiger partial charge in [-0.25, -0.2) is 5.84 Å². The van der Waals surface area contributed by atoms with Gasteiger partial charge in [0.15, 0.2) is 0 Å². The van der Waals surface area contributed by atoms with Crippen LogP contribution in [0, 0.1) is 0 Å². The van der Waals surface area contributed by atoms with Crippen molar-refractivity contribution in [1.29, 1.82) is 0 Å². The van der Waals surface area contributed by atoms with Crippen LogP contribution < -0.4 is 20.7 Å². The van der Waals surface area contributed by atoms with Crippen LogP contribution in [-0.2, 0) is 4.79 Å². The van der Waals surface area contributed by atoms with Crippen molar-refractivity contribution < 1.29 is 23.0 Å². The second-order valence-electron chi connectivity index (χ2n) is 3.41. The maximum Gasteiger partial charge on any atom is 0.483 e. The van der Waals surface area contributed by atoms with E-state index in [4.69, 9.17) is 4.74 Å². The average molecular weight is 260 g/mol. The summed E-state index contributed by atoms with van der Waals surface area (Å²) in [4.78, 5) is 10.7. The van der Waals surface area contributed by atoms with E-state index < -0.39 is 12.0 Å². The second kappa shape index (κ2) is 6.15. The van der Waals surface area contributed by atoms with Gasteiger partial charge in [-0.2, -0.15) is 8.78 Å². The fourth-order valence-corrected chi connectivity index (χ4v) is 1.10. The van der Waals surface area contributed by atoms with Crippen molar-refractivity contribution in [3.8, 4) is 11.5 Å². The van der Waals surface area contributed by atoms with Gasteiger partial charge in [0.05, 0.1) is 6.61 Å². The van der Waals surface area contributed by atoms with Crippen molar-refractivity contribution in [2.75, 3.05) is 6.61 Å². The fraction of sp³-hybridized carbons (Fsp3) is 0.364. The van der Waals surface area contributed by atoms with E-state index in [0.29, 0.717) is 12.4 Å². The Balaban J connectivity index is 2.66. The van der Waals surface area contributed by atoms with Crippen LogP contribution in [0.2, 0.25) is 0 Å². The van der Waals surface area contributed by atoms with E-state index in [2.05, 4.69) is 10.6 Å². The van der Waals surface area contributed by atoms with E-state index in [1.807, 2.05) is 6.92 Å². The average Bonchev–Trinajstić information content (AvgIpc) is 2.36. The molecule has 0 aliphatic heterocycles. The van der Waals surface area contributed by atoms with Gasteiger partial charge >= 0.3 is 12.0 Å². The quantitative estimate of drug-likeness (QED) is 0.461. The summed E-state index contributed by atoms with van der Waals surface area (Å²) < 4.78 is 35.6. The number of benzene rings is 1. The molecule has 1 aromatic carbocycles. The standard InChI is InChI=1S/C11H14F2N2O3/c1-2-7-17-8-3-5-9(6-4-8)18-11(12,13)10(16)15-14/h3-6H,2,7,14H2,1H3,(H,15,16). The Bertz CT molecular complexity index is 396. The number of alkyl halides is 2. The van der Waals surface area contributed by atoms with Crippen molar-refractivity contribution in [3.63, 3.8) is 0 Å². The predicted molar refractivity (Wildman–Crippen MR) is 60.1 cm³/mol. The molecule has 0 aliphatic carbocycles. The first-order chi connectivity index (χ1) is 8.49. The molecule has 100 valence electrons. The first-order valence-corrected chi connectivity index (χ1v) is 5.30. The topological polar surface area (TPSA) is 73.6 Å². The highest BCUT2D eigenvalue weighted by molar-refractivity contribution is 5.81. The second-order valence-corrected chi connectivity index (χ2v) is 3.41. The summed E-state index contributed by atoms with van der Waals surface area (Å²) in [6.45, 7) is 2.48. The van der Waals surface area contributed by atoms with Gasteiger partial charge in [0.25, 0.3) is 0 Å². The minimum Gasteiger partial charge on any atom is -0.494 e. The maximum absolute atomic E-state index is 13.1. The summed E-state index contributed by atoms with van der Waals surface area (Å²) in [7, 11) is 0. The van der Waals surface area contributed by atoms with Gasteiger partial charge in [-0.1, -0.05) is 6.92 Å². The zero-order chi connectivity index (χ0) is 13.6. The molecule has 5 nitrogen and oxygen atoms in total. The third-order valence-electron chi connectivity index (χ3n) is 1.94. The molecule has 18 heavy (non-hydrogen) atoms. The third-order valence-corrected chi connectivity index (χ3v) is 1.94. The van der Waals surface area contributed by atoms with Crippen LogP contribution >= 0.6 is 0 Å². The Morgan fingerprint density at radius 3 is 2.39 bits per heavy atom. The van der Waals surface area contributed by atoms with Gasteiger partial charge in [-0.3, -0.25) is 10.2 Å². The maximum atomic E-state index is 13.1. The van der Waals surface area contributed by atoms with Gasteiger partial charge in [-0.05, 0) is 30.7 Å². The molecule has 0 unspecified atom stereocenters. The zero-order valence-corrected chi connectivity index (χ0v) is 9.78. The Morgan fingerprint density at radius 1 is 1.33 bits per heavy atom. The zero-order valence-electron chi connectivity index (χ0n) is 9.78. The molecule has 0 heterocycles. The molecule has 0 bridgehead atoms. The van der Waals surface area contributed by atoms with Crippen molar-refractivity contribution >= 4 is 5.91 Å². The summed E-state index contributed by atoms with van der Waals surface area (Å²) in [6.07, 6.45) is -3.17. The first kappa shape index (κ1) is 14.2. The fourth-order valence-electron chi connectivity index (χ4n) is 1.10. The summed E-state index contributed by atoms with van der Waals surface area (Å²) in [5.41, 5.74) is 1.33. The van der Waals surface area contributed by atoms with Gasteiger partial charge < -0.3 is 9.47 Å². The van der Waals surface area contributed by atoms with Crippen molar-refractivity contribution in [2.24, 2.45) is 5.84 Å². The van der Waals surface area contributed by atoms with Gasteiger partial charge in [-0.15, -0.1) is 0 Å². The summed E-state index contributed by atoms with van der Waals surface area (Å²) in [5.74, 6) is 3.28. The lowest BCUT2D eigenvalue weighted by Gasteiger charge is -2.15. The molecule has 1 amide bonds. The van der Waals surface area contributed by atoms with Gasteiger partial charge in [0.2, 0.25) is 0 Å². The minimum atomic E-state index is -4.01. The molecular formula is C11H14F2N2O3. The number of hydrazine groups is 1. The lowest BCUT2D eigenvalue weighted by atomic mass is 10.3. The molecule has 0 fully saturated rings. The monoisotopic (exact) mass is 260 g/mol. The van der Waals surface area contributed by atoms with Crippen LogP contribution in [0.5, 0.6) is 11.5 Å². The summed E-state index contributed by atoms with van der Waals surface area (Å²) in [6, 6.07) is 5.51. The molecule has 7 heteroatoms. The molecule has 0 spiro atoms. The third kappa shape index (κ3) is 3.85. The van der Waals surface area contributed by atoms with E-state index in [9.17, 15) is 13.6 Å². The Labute approximate surface area is 103 Å². The number of ether oxygens (including phenoxy) is 2. The van der Waals surface area contributed by atoms with Crippen LogP contribution in [0.3, 0.4) is 0 Å². The highest BCUT2D eigenvalue weighted by Crippen LogP contribution is 2.24. The molecule has 0 aliphatic rings. The van der Waals surface area contributed by atoms with E-state index >= 15 is 0 Å². The van der Waals surface area contributed by atoms with E-state index in [0.717, 1.165) is 6.42 Å². The largest absolute Gasteiger partial charge is 0.494 e. The van der Waals surface area contributed by atoms with Crippen molar-refractivity contribution in [3.05, 3.63) is 24.3 Å². The van der Waals surface area contributed by atoms with Crippen LogP contribution in [0.15, 0.2) is 24.3 Å². The molecule has 3 N–H and O–H groups in total. The van der Waals surface area contributed by atoms with E-state index in [1.165, 1.54) is 29.7 Å². The minimum absolute atomic E-state index is 0.160. The molecule has 0 radical (unpaired) electrons. The van der Waals surface area contributed by atoms with Crippen molar-refractivity contribution in [2.45, 2.75) is 19.5 Å². The molecule has 1 aromatic rings. The lowest BCUT2D eigenvalue weighted by Crippen LogP contribution is -2.47. The van der Waals surface area contributed by atoms with Crippen molar-refractivity contribution in [1.82, 2.24) is 5.43 Å².